The largest absolute Gasteiger partial charge is 0.391 e. The third kappa shape index (κ3) is 2.67. The maximum atomic E-state index is 12.8. The van der Waals surface area contributed by atoms with Crippen LogP contribution < -0.4 is 0 Å². The Labute approximate surface area is 110 Å². The molecular formula is C12H17ClF2N2O. The number of hydrogen-bond donors (Lipinski definition) is 1. The van der Waals surface area contributed by atoms with Crippen molar-refractivity contribution in [2.75, 3.05) is 0 Å². The monoisotopic (exact) mass is 278 g/mol. The van der Waals surface area contributed by atoms with Crippen molar-refractivity contribution >= 4 is 11.6 Å². The Kier molecular flexibility index (Phi) is 4.56. The van der Waals surface area contributed by atoms with Crippen molar-refractivity contribution in [1.29, 1.82) is 0 Å². The molecule has 0 amide bonds. The lowest BCUT2D eigenvalue weighted by Crippen LogP contribution is -2.10. The maximum Gasteiger partial charge on any atom is 0.282 e. The number of aliphatic hydroxyl groups excluding tert-OH is 1. The van der Waals surface area contributed by atoms with Crippen LogP contribution in [0.4, 0.5) is 8.78 Å². The Morgan fingerprint density at radius 3 is 2.33 bits per heavy atom. The van der Waals surface area contributed by atoms with Crippen LogP contribution in [0.1, 0.15) is 62.2 Å². The predicted molar refractivity (Wildman–Crippen MR) is 64.9 cm³/mol. The molecule has 6 heteroatoms. The number of aromatic nitrogens is 2. The first-order chi connectivity index (χ1) is 8.65. The van der Waals surface area contributed by atoms with E-state index in [0.717, 1.165) is 25.7 Å². The molecule has 1 heterocycles. The van der Waals surface area contributed by atoms with Crippen LogP contribution in [0.15, 0.2) is 0 Å². The fraction of sp³-hybridized carbons (Fsp3) is 0.750. The van der Waals surface area contributed by atoms with Crippen LogP contribution in [0, 0.1) is 0 Å². The highest BCUT2D eigenvalue weighted by atomic mass is 35.5. The van der Waals surface area contributed by atoms with E-state index in [9.17, 15) is 8.78 Å². The van der Waals surface area contributed by atoms with Gasteiger partial charge in [0.1, 0.15) is 10.8 Å². The SMILES string of the molecule is OCc1c(C(F)F)nn(C2CCCCCC2)c1Cl. The number of nitrogens with zero attached hydrogens (tertiary/aromatic N) is 2. The van der Waals surface area contributed by atoms with E-state index in [2.05, 4.69) is 5.10 Å². The summed E-state index contributed by atoms with van der Waals surface area (Å²) in [6, 6.07) is 0.0813. The Morgan fingerprint density at radius 2 is 1.89 bits per heavy atom. The van der Waals surface area contributed by atoms with Crippen molar-refractivity contribution in [1.82, 2.24) is 9.78 Å². The summed E-state index contributed by atoms with van der Waals surface area (Å²) in [6.45, 7) is -0.495. The van der Waals surface area contributed by atoms with Crippen LogP contribution in [0.25, 0.3) is 0 Å². The predicted octanol–water partition coefficient (Wildman–Crippen LogP) is 3.86. The lowest BCUT2D eigenvalue weighted by atomic mass is 10.1. The molecule has 1 aromatic rings. The molecule has 0 aromatic carbocycles. The Hall–Kier alpha value is -0.680. The van der Waals surface area contributed by atoms with Crippen molar-refractivity contribution in [2.24, 2.45) is 0 Å². The summed E-state index contributed by atoms with van der Waals surface area (Å²) in [4.78, 5) is 0. The van der Waals surface area contributed by atoms with Crippen molar-refractivity contribution in [3.05, 3.63) is 16.4 Å². The second-order valence-electron chi connectivity index (χ2n) is 4.70. The molecule has 0 bridgehead atoms. The second-order valence-corrected chi connectivity index (χ2v) is 5.06. The van der Waals surface area contributed by atoms with Gasteiger partial charge in [-0.1, -0.05) is 37.3 Å². The molecular weight excluding hydrogens is 262 g/mol. The molecule has 0 radical (unpaired) electrons. The zero-order valence-corrected chi connectivity index (χ0v) is 10.8. The van der Waals surface area contributed by atoms with Gasteiger partial charge in [0.15, 0.2) is 0 Å². The second kappa shape index (κ2) is 5.97. The average Bonchev–Trinajstić information content (AvgIpc) is 2.55. The summed E-state index contributed by atoms with van der Waals surface area (Å²) in [7, 11) is 0. The van der Waals surface area contributed by atoms with Crippen LogP contribution in [0.2, 0.25) is 5.15 Å². The van der Waals surface area contributed by atoms with E-state index in [1.54, 1.807) is 0 Å². The van der Waals surface area contributed by atoms with Crippen LogP contribution in [0.3, 0.4) is 0 Å². The summed E-state index contributed by atoms with van der Waals surface area (Å²) < 4.78 is 27.1. The third-order valence-corrected chi connectivity index (χ3v) is 3.91. The molecule has 0 saturated heterocycles. The molecule has 1 fully saturated rings. The van der Waals surface area contributed by atoms with Crippen molar-refractivity contribution in [2.45, 2.75) is 57.6 Å². The molecule has 3 nitrogen and oxygen atoms in total. The van der Waals surface area contributed by atoms with Crippen LogP contribution in [-0.4, -0.2) is 14.9 Å². The number of aliphatic hydroxyl groups is 1. The normalized spacial score (nSPS) is 18.3. The van der Waals surface area contributed by atoms with Gasteiger partial charge in [0.2, 0.25) is 0 Å². The van der Waals surface area contributed by atoms with Gasteiger partial charge in [-0.3, -0.25) is 4.68 Å². The third-order valence-electron chi connectivity index (χ3n) is 3.51. The molecule has 0 unspecified atom stereocenters. The summed E-state index contributed by atoms with van der Waals surface area (Å²) in [5.74, 6) is 0. The summed E-state index contributed by atoms with van der Waals surface area (Å²) >= 11 is 6.07. The Balaban J connectivity index is 2.31. The van der Waals surface area contributed by atoms with Crippen molar-refractivity contribution in [3.63, 3.8) is 0 Å². The summed E-state index contributed by atoms with van der Waals surface area (Å²) in [5, 5.41) is 13.2. The van der Waals surface area contributed by atoms with Gasteiger partial charge < -0.3 is 5.11 Å². The fourth-order valence-electron chi connectivity index (χ4n) is 2.53. The Morgan fingerprint density at radius 1 is 1.28 bits per heavy atom. The minimum atomic E-state index is -2.70. The van der Waals surface area contributed by atoms with Gasteiger partial charge in [0.25, 0.3) is 6.43 Å². The molecule has 1 saturated carbocycles. The van der Waals surface area contributed by atoms with Crippen LogP contribution >= 0.6 is 11.6 Å². The molecule has 1 aliphatic rings. The first-order valence-corrected chi connectivity index (χ1v) is 6.68. The van der Waals surface area contributed by atoms with Crippen molar-refractivity contribution in [3.8, 4) is 0 Å². The molecule has 102 valence electrons. The molecule has 0 atom stereocenters. The van der Waals surface area contributed by atoms with Gasteiger partial charge in [-0.15, -0.1) is 0 Å². The maximum absolute atomic E-state index is 12.8. The van der Waals surface area contributed by atoms with E-state index in [4.69, 9.17) is 16.7 Å². The van der Waals surface area contributed by atoms with E-state index < -0.39 is 13.0 Å². The summed E-state index contributed by atoms with van der Waals surface area (Å²) in [6.07, 6.45) is 3.60. The summed E-state index contributed by atoms with van der Waals surface area (Å²) in [5.41, 5.74) is -0.317. The van der Waals surface area contributed by atoms with E-state index >= 15 is 0 Å². The minimum Gasteiger partial charge on any atom is -0.391 e. The molecule has 0 aliphatic heterocycles. The topological polar surface area (TPSA) is 38.1 Å². The van der Waals surface area contributed by atoms with Gasteiger partial charge in [-0.05, 0) is 12.8 Å². The van der Waals surface area contributed by atoms with E-state index in [1.807, 2.05) is 0 Å². The van der Waals surface area contributed by atoms with Gasteiger partial charge in [-0.25, -0.2) is 8.78 Å². The van der Waals surface area contributed by atoms with Gasteiger partial charge >= 0.3 is 0 Å². The lowest BCUT2D eigenvalue weighted by molar-refractivity contribution is 0.140. The average molecular weight is 279 g/mol. The highest BCUT2D eigenvalue weighted by molar-refractivity contribution is 6.30. The quantitative estimate of drug-likeness (QED) is 0.853. The van der Waals surface area contributed by atoms with E-state index in [1.165, 1.54) is 17.5 Å². The highest BCUT2D eigenvalue weighted by Gasteiger charge is 2.26. The van der Waals surface area contributed by atoms with Gasteiger partial charge in [0.05, 0.1) is 12.6 Å². The van der Waals surface area contributed by atoms with E-state index in [-0.39, 0.29) is 22.5 Å². The number of hydrogen-bond acceptors (Lipinski definition) is 2. The van der Waals surface area contributed by atoms with Gasteiger partial charge in [-0.2, -0.15) is 5.10 Å². The zero-order chi connectivity index (χ0) is 13.1. The zero-order valence-electron chi connectivity index (χ0n) is 10.1. The fourth-order valence-corrected chi connectivity index (χ4v) is 2.86. The molecule has 1 N–H and O–H groups in total. The lowest BCUT2D eigenvalue weighted by Gasteiger charge is -2.15. The number of rotatable bonds is 3. The Bertz CT molecular complexity index is 401. The highest BCUT2D eigenvalue weighted by Crippen LogP contribution is 2.34. The molecule has 2 rings (SSSR count). The van der Waals surface area contributed by atoms with E-state index in [0.29, 0.717) is 0 Å². The molecule has 1 aliphatic carbocycles. The molecule has 0 spiro atoms. The molecule has 1 aromatic heterocycles. The minimum absolute atomic E-state index is 0.0657. The first-order valence-electron chi connectivity index (χ1n) is 6.31. The van der Waals surface area contributed by atoms with Crippen molar-refractivity contribution < 1.29 is 13.9 Å². The first kappa shape index (κ1) is 13.7. The standard InChI is InChI=1S/C12H17ClF2N2O/c13-11-9(7-18)10(12(14)15)16-17(11)8-5-3-1-2-4-6-8/h8,12,18H,1-7H2. The van der Waals surface area contributed by atoms with Gasteiger partial charge in [0, 0.05) is 5.56 Å². The van der Waals surface area contributed by atoms with Crippen LogP contribution in [0.5, 0.6) is 0 Å². The number of alkyl halides is 2. The van der Waals surface area contributed by atoms with Crippen LogP contribution in [-0.2, 0) is 6.61 Å². The smallest absolute Gasteiger partial charge is 0.282 e. The number of halogens is 3. The molecule has 18 heavy (non-hydrogen) atoms.